The van der Waals surface area contributed by atoms with E-state index in [0.717, 1.165) is 0 Å². The molecule has 0 aromatic carbocycles. The molecule has 0 amide bonds. The fourth-order valence-corrected chi connectivity index (χ4v) is 0.794. The highest BCUT2D eigenvalue weighted by Gasteiger charge is 2.28. The largest absolute Gasteiger partial charge is 0.395 e. The van der Waals surface area contributed by atoms with E-state index in [1.165, 1.54) is 0 Å². The first-order valence-electron chi connectivity index (χ1n) is 3.33. The number of aldehydes is 1. The highest BCUT2D eigenvalue weighted by molar-refractivity contribution is 7.81. The second kappa shape index (κ2) is 5.50. The van der Waals surface area contributed by atoms with Crippen LogP contribution in [-0.2, 0) is 4.79 Å². The van der Waals surface area contributed by atoms with Crippen LogP contribution in [0, 0.1) is 0 Å². The monoisotopic (exact) mass is 196 g/mol. The maximum Gasteiger partial charge on any atom is 0.151 e. The molecule has 0 heterocycles. The van der Waals surface area contributed by atoms with Crippen LogP contribution in [-0.4, -0.2) is 56.9 Å². The van der Waals surface area contributed by atoms with Crippen LogP contribution in [0.3, 0.4) is 0 Å². The Morgan fingerprint density at radius 2 is 1.75 bits per heavy atom. The Morgan fingerprint density at radius 1 is 1.25 bits per heavy atom. The number of hydrogen-bond donors (Lipinski definition) is 5. The molecule has 4 N–H and O–H groups in total. The molecule has 0 aromatic rings. The van der Waals surface area contributed by atoms with E-state index in [4.69, 9.17) is 20.4 Å². The summed E-state index contributed by atoms with van der Waals surface area (Å²) in [5.41, 5.74) is 0. The van der Waals surface area contributed by atoms with E-state index in [1.54, 1.807) is 0 Å². The van der Waals surface area contributed by atoms with Gasteiger partial charge in [0.25, 0.3) is 0 Å². The summed E-state index contributed by atoms with van der Waals surface area (Å²) < 4.78 is 0. The molecule has 5 nitrogen and oxygen atoms in total. The lowest BCUT2D eigenvalue weighted by Gasteiger charge is -2.22. The SMILES string of the molecule is O=C[C@H](O)[C@@H](O)[C@H](O)[C@@H](S)CO. The second-order valence-corrected chi connectivity index (χ2v) is 3.02. The molecule has 0 aliphatic rings. The van der Waals surface area contributed by atoms with Crippen molar-refractivity contribution in [2.45, 2.75) is 23.6 Å². The van der Waals surface area contributed by atoms with E-state index in [0.29, 0.717) is 0 Å². The van der Waals surface area contributed by atoms with Gasteiger partial charge < -0.3 is 25.2 Å². The zero-order valence-electron chi connectivity index (χ0n) is 6.24. The second-order valence-electron chi connectivity index (χ2n) is 2.36. The van der Waals surface area contributed by atoms with Crippen LogP contribution in [0.1, 0.15) is 0 Å². The summed E-state index contributed by atoms with van der Waals surface area (Å²) in [6, 6.07) is 0. The van der Waals surface area contributed by atoms with Crippen LogP contribution in [0.25, 0.3) is 0 Å². The Balaban J connectivity index is 4.07. The average molecular weight is 196 g/mol. The average Bonchev–Trinajstić information content (AvgIpc) is 2.12. The molecule has 12 heavy (non-hydrogen) atoms. The molecule has 0 aliphatic heterocycles. The highest BCUT2D eigenvalue weighted by Crippen LogP contribution is 2.08. The van der Waals surface area contributed by atoms with Crippen LogP contribution in [0.2, 0.25) is 0 Å². The van der Waals surface area contributed by atoms with E-state index in [9.17, 15) is 4.79 Å². The van der Waals surface area contributed by atoms with Crippen molar-refractivity contribution >= 4 is 18.9 Å². The molecule has 0 radical (unpaired) electrons. The summed E-state index contributed by atoms with van der Waals surface area (Å²) >= 11 is 3.71. The molecule has 0 unspecified atom stereocenters. The topological polar surface area (TPSA) is 98.0 Å². The van der Waals surface area contributed by atoms with Crippen molar-refractivity contribution < 1.29 is 25.2 Å². The van der Waals surface area contributed by atoms with Crippen LogP contribution in [0.4, 0.5) is 0 Å². The van der Waals surface area contributed by atoms with Crippen LogP contribution >= 0.6 is 12.6 Å². The first kappa shape index (κ1) is 11.9. The molecule has 0 rings (SSSR count). The fourth-order valence-electron chi connectivity index (χ4n) is 0.618. The van der Waals surface area contributed by atoms with Crippen molar-refractivity contribution in [3.05, 3.63) is 0 Å². The molecule has 0 spiro atoms. The first-order valence-corrected chi connectivity index (χ1v) is 3.84. The zero-order chi connectivity index (χ0) is 9.72. The van der Waals surface area contributed by atoms with Gasteiger partial charge in [-0.15, -0.1) is 0 Å². The molecular weight excluding hydrogens is 184 g/mol. The lowest BCUT2D eigenvalue weighted by molar-refractivity contribution is -0.126. The van der Waals surface area contributed by atoms with E-state index in [-0.39, 0.29) is 6.29 Å². The Kier molecular flexibility index (Phi) is 5.43. The molecule has 0 saturated heterocycles. The van der Waals surface area contributed by atoms with Crippen molar-refractivity contribution in [3.8, 4) is 0 Å². The molecule has 4 atom stereocenters. The van der Waals surface area contributed by atoms with E-state index in [2.05, 4.69) is 12.6 Å². The van der Waals surface area contributed by atoms with Gasteiger partial charge in [0.05, 0.1) is 18.0 Å². The lowest BCUT2D eigenvalue weighted by Crippen LogP contribution is -2.44. The van der Waals surface area contributed by atoms with Gasteiger partial charge in [0.1, 0.15) is 12.2 Å². The maximum atomic E-state index is 9.95. The van der Waals surface area contributed by atoms with Gasteiger partial charge in [-0.1, -0.05) is 0 Å². The van der Waals surface area contributed by atoms with Crippen molar-refractivity contribution in [2.75, 3.05) is 6.61 Å². The number of rotatable bonds is 5. The Hall–Kier alpha value is -0.140. The van der Waals surface area contributed by atoms with Crippen molar-refractivity contribution in [3.63, 3.8) is 0 Å². The van der Waals surface area contributed by atoms with Crippen LogP contribution in [0.15, 0.2) is 0 Å². The summed E-state index contributed by atoms with van der Waals surface area (Å²) in [4.78, 5) is 9.95. The third-order valence-electron chi connectivity index (χ3n) is 1.42. The van der Waals surface area contributed by atoms with E-state index >= 15 is 0 Å². The third-order valence-corrected chi connectivity index (χ3v) is 1.89. The van der Waals surface area contributed by atoms with Gasteiger partial charge in [-0.25, -0.2) is 0 Å². The molecule has 0 aliphatic carbocycles. The predicted molar refractivity (Wildman–Crippen MR) is 43.9 cm³/mol. The normalized spacial score (nSPS) is 21.1. The summed E-state index contributed by atoms with van der Waals surface area (Å²) in [5, 5.41) is 34.4. The van der Waals surface area contributed by atoms with Gasteiger partial charge in [0, 0.05) is 0 Å². The molecule has 0 bridgehead atoms. The fraction of sp³-hybridized carbons (Fsp3) is 0.833. The minimum Gasteiger partial charge on any atom is -0.395 e. The maximum absolute atomic E-state index is 9.95. The van der Waals surface area contributed by atoms with Gasteiger partial charge in [-0.2, -0.15) is 12.6 Å². The predicted octanol–water partition coefficient (Wildman–Crippen LogP) is -2.44. The third kappa shape index (κ3) is 3.08. The number of carbonyl (C=O) groups excluding carboxylic acids is 1. The standard InChI is InChI=1S/C6H12O5S/c7-1-3(9)5(10)6(11)4(12)2-8/h1,3-6,8-12H,2H2/t3-,4-,5+,6+/m0/s1. The van der Waals surface area contributed by atoms with Gasteiger partial charge >= 0.3 is 0 Å². The van der Waals surface area contributed by atoms with Gasteiger partial charge in [0.2, 0.25) is 0 Å². The van der Waals surface area contributed by atoms with E-state index in [1.807, 2.05) is 0 Å². The summed E-state index contributed by atoms with van der Waals surface area (Å²) in [6.07, 6.45) is -4.59. The Bertz CT molecular complexity index is 142. The van der Waals surface area contributed by atoms with Crippen LogP contribution < -0.4 is 0 Å². The summed E-state index contributed by atoms with van der Waals surface area (Å²) in [5.74, 6) is 0. The minimum absolute atomic E-state index is 0.103. The van der Waals surface area contributed by atoms with Crippen molar-refractivity contribution in [1.29, 1.82) is 0 Å². The van der Waals surface area contributed by atoms with E-state index < -0.39 is 30.2 Å². The minimum atomic E-state index is -1.65. The Labute approximate surface area is 75.1 Å². The smallest absolute Gasteiger partial charge is 0.151 e. The molecular formula is C6H12O5S. The lowest BCUT2D eigenvalue weighted by atomic mass is 10.1. The van der Waals surface area contributed by atoms with Gasteiger partial charge in [-0.3, -0.25) is 0 Å². The molecule has 0 fully saturated rings. The Morgan fingerprint density at radius 3 is 2.08 bits per heavy atom. The molecule has 6 heteroatoms. The quantitative estimate of drug-likeness (QED) is 0.248. The van der Waals surface area contributed by atoms with Gasteiger partial charge in [0.15, 0.2) is 6.29 Å². The molecule has 0 aromatic heterocycles. The number of aliphatic hydroxyl groups is 4. The van der Waals surface area contributed by atoms with Crippen molar-refractivity contribution in [2.24, 2.45) is 0 Å². The number of hydrogen-bond acceptors (Lipinski definition) is 6. The molecule has 0 saturated carbocycles. The first-order chi connectivity index (χ1) is 5.54. The molecule has 72 valence electrons. The van der Waals surface area contributed by atoms with Crippen molar-refractivity contribution in [1.82, 2.24) is 0 Å². The van der Waals surface area contributed by atoms with Gasteiger partial charge in [-0.05, 0) is 0 Å². The zero-order valence-corrected chi connectivity index (χ0v) is 7.13. The summed E-state index contributed by atoms with van der Waals surface area (Å²) in [6.45, 7) is -0.451. The number of aliphatic hydroxyl groups excluding tert-OH is 4. The van der Waals surface area contributed by atoms with Crippen LogP contribution in [0.5, 0.6) is 0 Å². The number of carbonyl (C=O) groups is 1. The number of thiol groups is 1. The summed E-state index contributed by atoms with van der Waals surface area (Å²) in [7, 11) is 0. The highest BCUT2D eigenvalue weighted by atomic mass is 32.1.